The molecule has 0 amide bonds. The molecule has 0 fully saturated rings. The van der Waals surface area contributed by atoms with Gasteiger partial charge in [-0.2, -0.15) is 0 Å². The predicted molar refractivity (Wildman–Crippen MR) is 66.2 cm³/mol. The molecule has 0 heterocycles. The van der Waals surface area contributed by atoms with Crippen LogP contribution < -0.4 is 5.73 Å². The minimum absolute atomic E-state index is 0.310. The first-order chi connectivity index (χ1) is 7.35. The predicted octanol–water partition coefficient (Wildman–Crippen LogP) is 1.39. The van der Waals surface area contributed by atoms with Gasteiger partial charge in [-0.1, -0.05) is 6.92 Å². The molecule has 0 aliphatic carbocycles. The molecule has 0 spiro atoms. The van der Waals surface area contributed by atoms with Crippen LogP contribution in [-0.2, 0) is 9.53 Å². The topological polar surface area (TPSA) is 55.6 Å². The maximum absolute atomic E-state index is 11.6. The number of rotatable bonds is 7. The first-order valence-electron chi connectivity index (χ1n) is 6.05. The Kier molecular flexibility index (Phi) is 6.60. The van der Waals surface area contributed by atoms with Crippen molar-refractivity contribution in [1.29, 1.82) is 0 Å². The van der Waals surface area contributed by atoms with E-state index in [1.165, 1.54) is 0 Å². The largest absolute Gasteiger partial charge is 0.465 e. The molecule has 0 aromatic rings. The highest BCUT2D eigenvalue weighted by atomic mass is 16.5. The van der Waals surface area contributed by atoms with Gasteiger partial charge in [-0.3, -0.25) is 4.79 Å². The van der Waals surface area contributed by atoms with E-state index in [1.807, 2.05) is 0 Å². The van der Waals surface area contributed by atoms with E-state index in [9.17, 15) is 4.79 Å². The fourth-order valence-corrected chi connectivity index (χ4v) is 1.56. The van der Waals surface area contributed by atoms with Gasteiger partial charge in [0.25, 0.3) is 0 Å². The molecular weight excluding hydrogens is 204 g/mol. The van der Waals surface area contributed by atoms with E-state index >= 15 is 0 Å². The quantitative estimate of drug-likeness (QED) is 0.671. The Hall–Kier alpha value is -0.610. The zero-order valence-electron chi connectivity index (χ0n) is 11.2. The molecule has 4 nitrogen and oxygen atoms in total. The second-order valence-corrected chi connectivity index (χ2v) is 4.61. The number of esters is 1. The molecule has 0 saturated heterocycles. The lowest BCUT2D eigenvalue weighted by molar-refractivity contribution is -0.149. The van der Waals surface area contributed by atoms with E-state index in [-0.39, 0.29) is 5.97 Å². The van der Waals surface area contributed by atoms with E-state index in [2.05, 4.69) is 25.7 Å². The Morgan fingerprint density at radius 2 is 2.00 bits per heavy atom. The van der Waals surface area contributed by atoms with Crippen molar-refractivity contribution >= 4 is 5.97 Å². The third-order valence-electron chi connectivity index (χ3n) is 2.80. The summed E-state index contributed by atoms with van der Waals surface area (Å²) in [4.78, 5) is 13.9. The monoisotopic (exact) mass is 230 g/mol. The Morgan fingerprint density at radius 3 is 2.38 bits per heavy atom. The molecule has 0 aliphatic rings. The lowest BCUT2D eigenvalue weighted by atomic mass is 9.99. The minimum atomic E-state index is -0.877. The van der Waals surface area contributed by atoms with Gasteiger partial charge in [0.2, 0.25) is 0 Å². The van der Waals surface area contributed by atoms with Gasteiger partial charge in [0.15, 0.2) is 0 Å². The third kappa shape index (κ3) is 4.94. The van der Waals surface area contributed by atoms with Gasteiger partial charge in [0, 0.05) is 12.6 Å². The fraction of sp³-hybridized carbons (Fsp3) is 0.917. The molecule has 1 unspecified atom stereocenters. The lowest BCUT2D eigenvalue weighted by Gasteiger charge is -2.29. The van der Waals surface area contributed by atoms with Crippen molar-refractivity contribution in [3.63, 3.8) is 0 Å². The number of carbonyl (C=O) groups excluding carboxylic acids is 1. The Labute approximate surface area is 99.1 Å². The summed E-state index contributed by atoms with van der Waals surface area (Å²) in [6.45, 7) is 12.1. The van der Waals surface area contributed by atoms with Crippen LogP contribution in [0.15, 0.2) is 0 Å². The summed E-state index contributed by atoms with van der Waals surface area (Å²) in [5, 5.41) is 0. The summed E-state index contributed by atoms with van der Waals surface area (Å²) in [7, 11) is 0. The molecule has 2 N–H and O–H groups in total. The van der Waals surface area contributed by atoms with Crippen LogP contribution in [0.4, 0.5) is 0 Å². The van der Waals surface area contributed by atoms with Crippen LogP contribution in [0.5, 0.6) is 0 Å². The third-order valence-corrected chi connectivity index (χ3v) is 2.80. The van der Waals surface area contributed by atoms with Crippen molar-refractivity contribution in [2.75, 3.05) is 19.7 Å². The maximum Gasteiger partial charge on any atom is 0.325 e. The van der Waals surface area contributed by atoms with Crippen molar-refractivity contribution in [2.24, 2.45) is 5.73 Å². The molecule has 0 saturated carbocycles. The molecular formula is C12H26N2O2. The normalized spacial score (nSPS) is 15.2. The van der Waals surface area contributed by atoms with E-state index in [4.69, 9.17) is 10.5 Å². The van der Waals surface area contributed by atoms with Crippen molar-refractivity contribution in [1.82, 2.24) is 4.90 Å². The zero-order chi connectivity index (χ0) is 12.8. The molecule has 0 aromatic heterocycles. The number of nitrogens with two attached hydrogens (primary N) is 1. The zero-order valence-corrected chi connectivity index (χ0v) is 11.2. The van der Waals surface area contributed by atoms with Gasteiger partial charge in [-0.15, -0.1) is 0 Å². The first kappa shape index (κ1) is 15.4. The second-order valence-electron chi connectivity index (χ2n) is 4.61. The standard InChI is InChI=1S/C12H26N2O2/c1-6-14(10(3)4)9-8-12(5,13)11(15)16-7-2/h10H,6-9,13H2,1-5H3. The van der Waals surface area contributed by atoms with Gasteiger partial charge in [-0.05, 0) is 40.7 Å². The molecule has 0 rings (SSSR count). The molecule has 96 valence electrons. The molecule has 4 heteroatoms. The highest BCUT2D eigenvalue weighted by Crippen LogP contribution is 2.11. The van der Waals surface area contributed by atoms with Crippen LogP contribution >= 0.6 is 0 Å². The average Bonchev–Trinajstić information content (AvgIpc) is 2.18. The summed E-state index contributed by atoms with van der Waals surface area (Å²) in [5.41, 5.74) is 5.07. The minimum Gasteiger partial charge on any atom is -0.465 e. The molecule has 0 aromatic carbocycles. The number of carbonyl (C=O) groups is 1. The van der Waals surface area contributed by atoms with Gasteiger partial charge in [-0.25, -0.2) is 0 Å². The summed E-state index contributed by atoms with van der Waals surface area (Å²) in [6.07, 6.45) is 0.623. The van der Waals surface area contributed by atoms with Crippen molar-refractivity contribution < 1.29 is 9.53 Å². The first-order valence-corrected chi connectivity index (χ1v) is 6.05. The summed E-state index contributed by atoms with van der Waals surface area (Å²) < 4.78 is 4.95. The molecule has 0 radical (unpaired) electrons. The van der Waals surface area contributed by atoms with Gasteiger partial charge >= 0.3 is 5.97 Å². The number of ether oxygens (including phenoxy) is 1. The molecule has 0 bridgehead atoms. The number of hydrogen-bond donors (Lipinski definition) is 1. The van der Waals surface area contributed by atoms with Crippen LogP contribution in [0.25, 0.3) is 0 Å². The van der Waals surface area contributed by atoms with E-state index < -0.39 is 5.54 Å². The van der Waals surface area contributed by atoms with E-state index in [0.29, 0.717) is 19.1 Å². The van der Waals surface area contributed by atoms with Gasteiger partial charge in [0.1, 0.15) is 5.54 Å². The lowest BCUT2D eigenvalue weighted by Crippen LogP contribution is -2.49. The molecule has 0 aliphatic heterocycles. The van der Waals surface area contributed by atoms with Crippen LogP contribution in [0.1, 0.15) is 41.0 Å². The Balaban J connectivity index is 4.20. The highest BCUT2D eigenvalue weighted by molar-refractivity contribution is 5.79. The van der Waals surface area contributed by atoms with Crippen LogP contribution in [0, 0.1) is 0 Å². The number of hydrogen-bond acceptors (Lipinski definition) is 4. The number of nitrogens with zero attached hydrogens (tertiary/aromatic N) is 1. The van der Waals surface area contributed by atoms with Gasteiger partial charge < -0.3 is 15.4 Å². The highest BCUT2D eigenvalue weighted by Gasteiger charge is 2.30. The Bertz CT molecular complexity index is 215. The van der Waals surface area contributed by atoms with Crippen LogP contribution in [-0.4, -0.2) is 42.1 Å². The smallest absolute Gasteiger partial charge is 0.325 e. The van der Waals surface area contributed by atoms with Crippen LogP contribution in [0.3, 0.4) is 0 Å². The summed E-state index contributed by atoms with van der Waals surface area (Å²) in [5.74, 6) is -0.310. The average molecular weight is 230 g/mol. The second kappa shape index (κ2) is 6.86. The fourth-order valence-electron chi connectivity index (χ4n) is 1.56. The van der Waals surface area contributed by atoms with Crippen molar-refractivity contribution in [3.8, 4) is 0 Å². The summed E-state index contributed by atoms with van der Waals surface area (Å²) >= 11 is 0. The van der Waals surface area contributed by atoms with Crippen molar-refractivity contribution in [2.45, 2.75) is 52.6 Å². The SMILES string of the molecule is CCOC(=O)C(C)(N)CCN(CC)C(C)C. The van der Waals surface area contributed by atoms with Gasteiger partial charge in [0.05, 0.1) is 6.61 Å². The molecule has 1 atom stereocenters. The maximum atomic E-state index is 11.6. The Morgan fingerprint density at radius 1 is 1.44 bits per heavy atom. The molecule has 16 heavy (non-hydrogen) atoms. The van der Waals surface area contributed by atoms with Crippen LogP contribution in [0.2, 0.25) is 0 Å². The summed E-state index contributed by atoms with van der Waals surface area (Å²) in [6, 6.07) is 0.475. The van der Waals surface area contributed by atoms with Crippen molar-refractivity contribution in [3.05, 3.63) is 0 Å². The van der Waals surface area contributed by atoms with E-state index in [0.717, 1.165) is 13.1 Å². The van der Waals surface area contributed by atoms with E-state index in [1.54, 1.807) is 13.8 Å².